The topological polar surface area (TPSA) is 69.6 Å². The van der Waals surface area contributed by atoms with Crippen molar-refractivity contribution in [1.82, 2.24) is 14.8 Å². The largest absolute Gasteiger partial charge is 0.467 e. The van der Waals surface area contributed by atoms with E-state index >= 15 is 0 Å². The van der Waals surface area contributed by atoms with E-state index in [-0.39, 0.29) is 24.4 Å². The number of nitrogens with one attached hydrogen (secondary N) is 1. The van der Waals surface area contributed by atoms with E-state index in [0.29, 0.717) is 18.7 Å². The van der Waals surface area contributed by atoms with Gasteiger partial charge in [-0.15, -0.1) is 0 Å². The summed E-state index contributed by atoms with van der Waals surface area (Å²) in [5.41, 5.74) is 4.52. The number of nitrogens with zero attached hydrogens (tertiary/aromatic N) is 2. The van der Waals surface area contributed by atoms with Crippen LogP contribution in [0.25, 0.3) is 10.9 Å². The van der Waals surface area contributed by atoms with Crippen molar-refractivity contribution in [2.75, 3.05) is 6.54 Å². The van der Waals surface area contributed by atoms with Crippen molar-refractivity contribution < 1.29 is 14.0 Å². The summed E-state index contributed by atoms with van der Waals surface area (Å²) in [5.74, 6) is 0.675. The average Bonchev–Trinajstić information content (AvgIpc) is 3.48. The van der Waals surface area contributed by atoms with E-state index in [1.807, 2.05) is 41.3 Å². The summed E-state index contributed by atoms with van der Waals surface area (Å²) in [6.07, 6.45) is 3.72. The van der Waals surface area contributed by atoms with Gasteiger partial charge in [0.05, 0.1) is 18.8 Å². The summed E-state index contributed by atoms with van der Waals surface area (Å²) in [6, 6.07) is 21.5. The van der Waals surface area contributed by atoms with Crippen molar-refractivity contribution in [3.05, 3.63) is 95.6 Å². The first kappa shape index (κ1) is 19.9. The number of hydrogen-bond acceptors (Lipinski definition) is 3. The summed E-state index contributed by atoms with van der Waals surface area (Å²) in [5, 5.41) is 1.14. The van der Waals surface area contributed by atoms with Crippen LogP contribution in [0.2, 0.25) is 0 Å². The van der Waals surface area contributed by atoms with E-state index in [2.05, 4.69) is 29.2 Å². The van der Waals surface area contributed by atoms with Crippen molar-refractivity contribution in [3.63, 3.8) is 0 Å². The van der Waals surface area contributed by atoms with Crippen LogP contribution in [0.5, 0.6) is 0 Å². The fourth-order valence-corrected chi connectivity index (χ4v) is 5.42. The third-order valence-electron chi connectivity index (χ3n) is 6.94. The number of aryl methyl sites for hydroxylation is 1. The van der Waals surface area contributed by atoms with Crippen molar-refractivity contribution >= 4 is 22.7 Å². The van der Waals surface area contributed by atoms with Gasteiger partial charge >= 0.3 is 0 Å². The third kappa shape index (κ3) is 3.42. The second-order valence-electron chi connectivity index (χ2n) is 8.90. The molecule has 6 nitrogen and oxygen atoms in total. The van der Waals surface area contributed by atoms with E-state index in [1.54, 1.807) is 17.2 Å². The lowest BCUT2D eigenvalue weighted by atomic mass is 9.86. The number of furan rings is 1. The monoisotopic (exact) mass is 439 g/mol. The number of fused-ring (bicyclic) bond motifs is 4. The molecule has 0 unspecified atom stereocenters. The molecule has 2 aromatic carbocycles. The molecule has 1 N–H and O–H groups in total. The second-order valence-corrected chi connectivity index (χ2v) is 8.90. The van der Waals surface area contributed by atoms with Gasteiger partial charge in [-0.25, -0.2) is 0 Å². The average molecular weight is 440 g/mol. The Labute approximate surface area is 191 Å². The normalized spacial score (nSPS) is 20.2. The number of aromatic nitrogens is 1. The number of piperazine rings is 1. The first-order valence-corrected chi connectivity index (χ1v) is 11.4. The smallest absolute Gasteiger partial charge is 0.246 e. The molecule has 4 aromatic rings. The van der Waals surface area contributed by atoms with Gasteiger partial charge in [0.25, 0.3) is 0 Å². The summed E-state index contributed by atoms with van der Waals surface area (Å²) in [6.45, 7) is 0.394. The van der Waals surface area contributed by atoms with Gasteiger partial charge in [-0.05, 0) is 42.2 Å². The van der Waals surface area contributed by atoms with Gasteiger partial charge in [-0.3, -0.25) is 9.59 Å². The number of benzene rings is 2. The van der Waals surface area contributed by atoms with Gasteiger partial charge in [0, 0.05) is 23.0 Å². The molecule has 2 atom stereocenters. The van der Waals surface area contributed by atoms with Crippen LogP contribution in [0.4, 0.5) is 0 Å². The zero-order valence-corrected chi connectivity index (χ0v) is 18.2. The first-order valence-electron chi connectivity index (χ1n) is 11.4. The number of carbonyl (C=O) groups excluding carboxylic acids is 2. The predicted octanol–water partition coefficient (Wildman–Crippen LogP) is 4.23. The molecule has 2 amide bonds. The van der Waals surface area contributed by atoms with Crippen LogP contribution in [0.1, 0.15) is 35.0 Å². The molecular weight excluding hydrogens is 414 g/mol. The molecule has 33 heavy (non-hydrogen) atoms. The van der Waals surface area contributed by atoms with Crippen molar-refractivity contribution in [3.8, 4) is 0 Å². The van der Waals surface area contributed by atoms with Gasteiger partial charge in [-0.1, -0.05) is 48.5 Å². The van der Waals surface area contributed by atoms with Crippen LogP contribution in [0.3, 0.4) is 0 Å². The fraction of sp³-hybridized carbons (Fsp3) is 0.259. The lowest BCUT2D eigenvalue weighted by molar-refractivity contribution is -0.160. The van der Waals surface area contributed by atoms with Crippen LogP contribution < -0.4 is 0 Å². The van der Waals surface area contributed by atoms with Crippen LogP contribution in [-0.2, 0) is 29.0 Å². The van der Waals surface area contributed by atoms with Gasteiger partial charge in [-0.2, -0.15) is 0 Å². The van der Waals surface area contributed by atoms with Crippen molar-refractivity contribution in [2.24, 2.45) is 0 Å². The highest BCUT2D eigenvalue weighted by Crippen LogP contribution is 2.41. The fourth-order valence-electron chi connectivity index (χ4n) is 5.42. The van der Waals surface area contributed by atoms with Gasteiger partial charge in [0.1, 0.15) is 18.3 Å². The van der Waals surface area contributed by atoms with Crippen molar-refractivity contribution in [1.29, 1.82) is 0 Å². The number of rotatable bonds is 5. The number of carbonyl (C=O) groups is 2. The summed E-state index contributed by atoms with van der Waals surface area (Å²) >= 11 is 0. The molecule has 6 heteroatoms. The maximum atomic E-state index is 13.6. The SMILES string of the molecule is O=C1[C@@H]2Cc3c([nH]c4ccccc34)[C@@H](CCc3ccccc3)N2C(=O)CN1Cc1ccco1. The minimum atomic E-state index is -0.492. The summed E-state index contributed by atoms with van der Waals surface area (Å²) < 4.78 is 5.44. The van der Waals surface area contributed by atoms with Crippen LogP contribution in [0, 0.1) is 0 Å². The first-order chi connectivity index (χ1) is 16.2. The highest BCUT2D eigenvalue weighted by Gasteiger charge is 2.47. The second kappa shape index (κ2) is 7.96. The van der Waals surface area contributed by atoms with Crippen molar-refractivity contribution in [2.45, 2.75) is 37.9 Å². The van der Waals surface area contributed by atoms with Gasteiger partial charge in [0.15, 0.2) is 0 Å². The van der Waals surface area contributed by atoms with E-state index in [4.69, 9.17) is 4.42 Å². The molecular formula is C27H25N3O3. The number of amides is 2. The van der Waals surface area contributed by atoms with Crippen LogP contribution in [0.15, 0.2) is 77.4 Å². The molecule has 0 radical (unpaired) electrons. The Hall–Kier alpha value is -3.80. The van der Waals surface area contributed by atoms with Gasteiger partial charge < -0.3 is 19.2 Å². The minimum Gasteiger partial charge on any atom is -0.467 e. The molecule has 0 saturated carbocycles. The molecule has 166 valence electrons. The van der Waals surface area contributed by atoms with E-state index in [9.17, 15) is 9.59 Å². The number of hydrogen-bond donors (Lipinski definition) is 1. The molecule has 6 rings (SSSR count). The van der Waals surface area contributed by atoms with Gasteiger partial charge in [0.2, 0.25) is 11.8 Å². The molecule has 2 aromatic heterocycles. The number of para-hydroxylation sites is 1. The Balaban J connectivity index is 1.38. The van der Waals surface area contributed by atoms with Crippen LogP contribution in [-0.4, -0.2) is 39.2 Å². The highest BCUT2D eigenvalue weighted by molar-refractivity contribution is 5.97. The highest BCUT2D eigenvalue weighted by atomic mass is 16.3. The molecule has 0 aliphatic carbocycles. The Morgan fingerprint density at radius 3 is 2.61 bits per heavy atom. The molecule has 2 aliphatic rings. The lowest BCUT2D eigenvalue weighted by Crippen LogP contribution is -2.62. The summed E-state index contributed by atoms with van der Waals surface area (Å²) in [4.78, 5) is 34.1. The Kier molecular flexibility index (Phi) is 4.79. The third-order valence-corrected chi connectivity index (χ3v) is 6.94. The Morgan fingerprint density at radius 1 is 0.970 bits per heavy atom. The summed E-state index contributed by atoms with van der Waals surface area (Å²) in [7, 11) is 0. The predicted molar refractivity (Wildman–Crippen MR) is 124 cm³/mol. The molecule has 0 spiro atoms. The quantitative estimate of drug-likeness (QED) is 0.506. The Morgan fingerprint density at radius 2 is 1.79 bits per heavy atom. The maximum absolute atomic E-state index is 13.6. The molecule has 1 saturated heterocycles. The molecule has 2 aliphatic heterocycles. The number of H-pyrrole nitrogens is 1. The number of aromatic amines is 1. The van der Waals surface area contributed by atoms with E-state index < -0.39 is 6.04 Å². The zero-order valence-electron chi connectivity index (χ0n) is 18.2. The minimum absolute atomic E-state index is 0.00600. The van der Waals surface area contributed by atoms with E-state index in [1.165, 1.54) is 5.56 Å². The maximum Gasteiger partial charge on any atom is 0.246 e. The molecule has 4 heterocycles. The molecule has 1 fully saturated rings. The van der Waals surface area contributed by atoms with Crippen LogP contribution >= 0.6 is 0 Å². The van der Waals surface area contributed by atoms with E-state index in [0.717, 1.165) is 35.0 Å². The Bertz CT molecular complexity index is 1310. The molecule has 0 bridgehead atoms. The lowest BCUT2D eigenvalue weighted by Gasteiger charge is -2.47. The zero-order chi connectivity index (χ0) is 22.4. The standard InChI is InChI=1S/C27H25N3O3/c31-25-17-29(16-19-9-6-14-33-19)27(32)24-15-21-20-10-4-5-11-22(20)28-26(21)23(30(24)25)13-12-18-7-2-1-3-8-18/h1-11,14,23-24,28H,12-13,15-17H2/t23-,24+/m1/s1.